The van der Waals surface area contributed by atoms with Gasteiger partial charge in [-0.1, -0.05) is 13.8 Å². The Labute approximate surface area is 156 Å². The van der Waals surface area contributed by atoms with Crippen LogP contribution >= 0.6 is 24.0 Å². The molecule has 0 aliphatic rings. The average molecular weight is 437 g/mol. The molecular formula is C17H29FIN3O. The summed E-state index contributed by atoms with van der Waals surface area (Å²) < 4.78 is 18.3. The van der Waals surface area contributed by atoms with Crippen molar-refractivity contribution in [2.75, 3.05) is 20.2 Å². The second-order valence-corrected chi connectivity index (χ2v) is 5.69. The molecule has 0 heterocycles. The highest BCUT2D eigenvalue weighted by Gasteiger charge is 2.08. The molecule has 0 saturated carbocycles. The van der Waals surface area contributed by atoms with Gasteiger partial charge in [0, 0.05) is 19.6 Å². The minimum atomic E-state index is -0.244. The Morgan fingerprint density at radius 3 is 2.39 bits per heavy atom. The molecule has 6 heteroatoms. The lowest BCUT2D eigenvalue weighted by atomic mass is 10.1. The maximum atomic E-state index is 12.7. The van der Waals surface area contributed by atoms with E-state index in [4.69, 9.17) is 4.74 Å². The number of ether oxygens (including phenoxy) is 1. The summed E-state index contributed by atoms with van der Waals surface area (Å²) in [6.07, 6.45) is 1.92. The van der Waals surface area contributed by atoms with Crippen LogP contribution in [-0.4, -0.2) is 32.2 Å². The number of unbranched alkanes of at least 4 members (excludes halogenated alkanes) is 1. The third-order valence-electron chi connectivity index (χ3n) is 3.53. The highest BCUT2D eigenvalue weighted by Crippen LogP contribution is 2.11. The van der Waals surface area contributed by atoms with Gasteiger partial charge in [0.15, 0.2) is 5.96 Å². The second-order valence-electron chi connectivity index (χ2n) is 5.69. The quantitative estimate of drug-likeness (QED) is 0.282. The molecule has 1 rings (SSSR count). The van der Waals surface area contributed by atoms with Gasteiger partial charge in [0.1, 0.15) is 11.6 Å². The number of benzene rings is 1. The van der Waals surface area contributed by atoms with E-state index in [1.165, 1.54) is 12.1 Å². The van der Waals surface area contributed by atoms with Crippen molar-refractivity contribution in [3.8, 4) is 5.75 Å². The van der Waals surface area contributed by atoms with Crippen molar-refractivity contribution < 1.29 is 9.13 Å². The van der Waals surface area contributed by atoms with Crippen LogP contribution in [0.1, 0.15) is 33.6 Å². The lowest BCUT2D eigenvalue weighted by Crippen LogP contribution is -2.44. The number of guanidine groups is 1. The number of hydrogen-bond acceptors (Lipinski definition) is 2. The lowest BCUT2D eigenvalue weighted by Gasteiger charge is -2.20. The van der Waals surface area contributed by atoms with Gasteiger partial charge in [-0.15, -0.1) is 24.0 Å². The summed E-state index contributed by atoms with van der Waals surface area (Å²) in [4.78, 5) is 4.21. The van der Waals surface area contributed by atoms with Crippen LogP contribution in [0.2, 0.25) is 0 Å². The minimum Gasteiger partial charge on any atom is -0.494 e. The van der Waals surface area contributed by atoms with E-state index in [9.17, 15) is 4.39 Å². The molecule has 0 fully saturated rings. The highest BCUT2D eigenvalue weighted by molar-refractivity contribution is 14.0. The van der Waals surface area contributed by atoms with Gasteiger partial charge in [-0.05, 0) is 49.9 Å². The Balaban J connectivity index is 0.00000484. The summed E-state index contributed by atoms with van der Waals surface area (Å²) in [5.74, 6) is 1.85. The molecule has 1 aromatic carbocycles. The number of nitrogens with zero attached hydrogens (tertiary/aromatic N) is 1. The van der Waals surface area contributed by atoms with E-state index in [1.54, 1.807) is 19.2 Å². The van der Waals surface area contributed by atoms with Gasteiger partial charge in [-0.25, -0.2) is 4.39 Å². The van der Waals surface area contributed by atoms with Crippen LogP contribution in [0, 0.1) is 11.7 Å². The Morgan fingerprint density at radius 1 is 1.17 bits per heavy atom. The maximum Gasteiger partial charge on any atom is 0.191 e. The Bertz CT molecular complexity index is 452. The molecule has 0 aliphatic heterocycles. The number of aliphatic imine (C=N–C) groups is 1. The fourth-order valence-electron chi connectivity index (χ4n) is 1.73. The fourth-order valence-corrected chi connectivity index (χ4v) is 1.73. The van der Waals surface area contributed by atoms with E-state index in [0.717, 1.165) is 25.3 Å². The standard InChI is InChI=1S/C17H28FN3O.HI/c1-13(2)14(3)21-17(19-4)20-11-5-6-12-22-16-9-7-15(18)8-10-16;/h7-10,13-14H,5-6,11-12H2,1-4H3,(H2,19,20,21);1H. The molecule has 1 atom stereocenters. The topological polar surface area (TPSA) is 45.7 Å². The highest BCUT2D eigenvalue weighted by atomic mass is 127. The second kappa shape index (κ2) is 12.4. The van der Waals surface area contributed by atoms with Crippen molar-refractivity contribution in [3.05, 3.63) is 30.1 Å². The van der Waals surface area contributed by atoms with Crippen molar-refractivity contribution in [1.29, 1.82) is 0 Å². The van der Waals surface area contributed by atoms with Crippen molar-refractivity contribution in [3.63, 3.8) is 0 Å². The summed E-state index contributed by atoms with van der Waals surface area (Å²) in [5, 5.41) is 6.66. The smallest absolute Gasteiger partial charge is 0.191 e. The first-order valence-corrected chi connectivity index (χ1v) is 7.88. The van der Waals surface area contributed by atoms with Gasteiger partial charge in [0.25, 0.3) is 0 Å². The fraction of sp³-hybridized carbons (Fsp3) is 0.588. The van der Waals surface area contributed by atoms with Crippen LogP contribution in [0.15, 0.2) is 29.3 Å². The van der Waals surface area contributed by atoms with Gasteiger partial charge < -0.3 is 15.4 Å². The zero-order valence-corrected chi connectivity index (χ0v) is 16.8. The molecule has 0 bridgehead atoms. The molecule has 0 radical (unpaired) electrons. The van der Waals surface area contributed by atoms with Gasteiger partial charge in [0.2, 0.25) is 0 Å². The van der Waals surface area contributed by atoms with E-state index in [2.05, 4.69) is 36.4 Å². The van der Waals surface area contributed by atoms with Crippen LogP contribution in [0.4, 0.5) is 4.39 Å². The summed E-state index contributed by atoms with van der Waals surface area (Å²) in [7, 11) is 1.78. The van der Waals surface area contributed by atoms with E-state index in [1.807, 2.05) is 0 Å². The van der Waals surface area contributed by atoms with Crippen molar-refractivity contribution >= 4 is 29.9 Å². The summed E-state index contributed by atoms with van der Waals surface area (Å²) >= 11 is 0. The SMILES string of the molecule is CN=C(NCCCCOc1ccc(F)cc1)NC(C)C(C)C.I. The molecule has 0 amide bonds. The molecule has 4 nitrogen and oxygen atoms in total. The summed E-state index contributed by atoms with van der Waals surface area (Å²) in [5.41, 5.74) is 0. The largest absolute Gasteiger partial charge is 0.494 e. The molecule has 0 aromatic heterocycles. The normalized spacial score (nSPS) is 12.5. The molecule has 0 aliphatic carbocycles. The molecule has 0 spiro atoms. The Hall–Kier alpha value is -1.05. The van der Waals surface area contributed by atoms with Crippen LogP contribution in [-0.2, 0) is 0 Å². The summed E-state index contributed by atoms with van der Waals surface area (Å²) in [6.45, 7) is 7.97. The monoisotopic (exact) mass is 437 g/mol. The van der Waals surface area contributed by atoms with Gasteiger partial charge in [-0.3, -0.25) is 4.99 Å². The molecule has 2 N–H and O–H groups in total. The van der Waals surface area contributed by atoms with Gasteiger partial charge in [0.05, 0.1) is 6.61 Å². The Morgan fingerprint density at radius 2 is 1.83 bits per heavy atom. The van der Waals surface area contributed by atoms with E-state index < -0.39 is 0 Å². The molecule has 0 saturated heterocycles. The third kappa shape index (κ3) is 9.63. The number of halogens is 2. The molecule has 1 unspecified atom stereocenters. The number of hydrogen-bond donors (Lipinski definition) is 2. The zero-order chi connectivity index (χ0) is 16.4. The maximum absolute atomic E-state index is 12.7. The van der Waals surface area contributed by atoms with E-state index in [-0.39, 0.29) is 29.8 Å². The van der Waals surface area contributed by atoms with Crippen LogP contribution in [0.3, 0.4) is 0 Å². The first-order chi connectivity index (χ1) is 10.5. The van der Waals surface area contributed by atoms with Crippen LogP contribution in [0.5, 0.6) is 5.75 Å². The predicted molar refractivity (Wildman–Crippen MR) is 105 cm³/mol. The predicted octanol–water partition coefficient (Wildman–Crippen LogP) is 3.81. The number of rotatable bonds is 8. The number of nitrogens with one attached hydrogen (secondary N) is 2. The average Bonchev–Trinajstić information content (AvgIpc) is 2.50. The first-order valence-electron chi connectivity index (χ1n) is 7.88. The first kappa shape index (κ1) is 21.9. The molecule has 132 valence electrons. The molecule has 23 heavy (non-hydrogen) atoms. The molecular weight excluding hydrogens is 408 g/mol. The van der Waals surface area contributed by atoms with E-state index >= 15 is 0 Å². The molecule has 1 aromatic rings. The Kier molecular flexibility index (Phi) is 11.8. The van der Waals surface area contributed by atoms with Gasteiger partial charge >= 0.3 is 0 Å². The van der Waals surface area contributed by atoms with Crippen molar-refractivity contribution in [2.24, 2.45) is 10.9 Å². The zero-order valence-electron chi connectivity index (χ0n) is 14.4. The van der Waals surface area contributed by atoms with Gasteiger partial charge in [-0.2, -0.15) is 0 Å². The van der Waals surface area contributed by atoms with E-state index in [0.29, 0.717) is 24.3 Å². The van der Waals surface area contributed by atoms with Crippen molar-refractivity contribution in [2.45, 2.75) is 39.7 Å². The van der Waals surface area contributed by atoms with Crippen LogP contribution in [0.25, 0.3) is 0 Å². The van der Waals surface area contributed by atoms with Crippen molar-refractivity contribution in [1.82, 2.24) is 10.6 Å². The summed E-state index contributed by atoms with van der Waals surface area (Å²) in [6, 6.07) is 6.48. The third-order valence-corrected chi connectivity index (χ3v) is 3.53. The van der Waals surface area contributed by atoms with Crippen LogP contribution < -0.4 is 15.4 Å². The minimum absolute atomic E-state index is 0. The lowest BCUT2D eigenvalue weighted by molar-refractivity contribution is 0.306.